The van der Waals surface area contributed by atoms with Crippen LogP contribution in [-0.2, 0) is 24.8 Å². The third-order valence-corrected chi connectivity index (χ3v) is 7.97. The van der Waals surface area contributed by atoms with E-state index in [0.717, 1.165) is 12.8 Å². The Hall–Kier alpha value is -2.51. The Kier molecular flexibility index (Phi) is 8.31. The van der Waals surface area contributed by atoms with Crippen molar-refractivity contribution >= 4 is 43.5 Å². The summed E-state index contributed by atoms with van der Waals surface area (Å²) >= 11 is 5.83. The summed E-state index contributed by atoms with van der Waals surface area (Å²) in [6, 6.07) is 10.1. The fourth-order valence-corrected chi connectivity index (χ4v) is 5.46. The molecule has 13 heteroatoms. The molecule has 0 radical (unpaired) electrons. The number of amides is 2. The molecule has 0 saturated heterocycles. The Balaban J connectivity index is 1.59. The molecule has 0 unspecified atom stereocenters. The molecule has 0 aliphatic heterocycles. The minimum absolute atomic E-state index is 0.0518. The third kappa shape index (κ3) is 7.00. The molecule has 2 aromatic rings. The molecule has 0 aromatic heterocycles. The summed E-state index contributed by atoms with van der Waals surface area (Å²) in [5.74, 6) is -0.956. The lowest BCUT2D eigenvalue weighted by Gasteiger charge is -2.33. The van der Waals surface area contributed by atoms with E-state index in [4.69, 9.17) is 16.7 Å². The maximum Gasteiger partial charge on any atom is 0.251 e. The van der Waals surface area contributed by atoms with Crippen LogP contribution in [0.1, 0.15) is 36.0 Å². The molecule has 2 aromatic carbocycles. The first-order valence-corrected chi connectivity index (χ1v) is 13.8. The van der Waals surface area contributed by atoms with Gasteiger partial charge in [-0.15, -0.1) is 0 Å². The van der Waals surface area contributed by atoms with E-state index < -0.39 is 38.4 Å². The fraction of sp³-hybridized carbons (Fsp3) is 0.333. The van der Waals surface area contributed by atoms with Gasteiger partial charge in [-0.3, -0.25) is 9.59 Å². The Morgan fingerprint density at radius 2 is 1.53 bits per heavy atom. The van der Waals surface area contributed by atoms with Gasteiger partial charge in [-0.1, -0.05) is 30.5 Å². The number of sulfonamides is 2. The van der Waals surface area contributed by atoms with Gasteiger partial charge in [-0.25, -0.2) is 26.7 Å². The van der Waals surface area contributed by atoms with Crippen molar-refractivity contribution in [2.24, 2.45) is 5.14 Å². The van der Waals surface area contributed by atoms with E-state index in [0.29, 0.717) is 12.8 Å². The van der Waals surface area contributed by atoms with E-state index in [1.165, 1.54) is 42.5 Å². The molecule has 5 N–H and O–H groups in total. The molecule has 2 atom stereocenters. The molecular formula is C21H25ClN4O6S2. The number of hydrogen-bond acceptors (Lipinski definition) is 6. The van der Waals surface area contributed by atoms with Crippen LogP contribution >= 0.6 is 11.6 Å². The molecule has 1 aliphatic rings. The highest BCUT2D eigenvalue weighted by atomic mass is 35.5. The van der Waals surface area contributed by atoms with Crippen LogP contribution in [0.2, 0.25) is 5.02 Å². The van der Waals surface area contributed by atoms with Gasteiger partial charge < -0.3 is 10.6 Å². The fourth-order valence-electron chi connectivity index (χ4n) is 3.66. The minimum Gasteiger partial charge on any atom is -0.350 e. The van der Waals surface area contributed by atoms with Gasteiger partial charge in [0.05, 0.1) is 16.3 Å². The molecule has 10 nitrogen and oxygen atoms in total. The molecule has 3 rings (SSSR count). The van der Waals surface area contributed by atoms with Crippen LogP contribution in [0.15, 0.2) is 58.3 Å². The van der Waals surface area contributed by atoms with Crippen molar-refractivity contribution in [2.75, 3.05) is 6.54 Å². The van der Waals surface area contributed by atoms with Gasteiger partial charge in [0.15, 0.2) is 0 Å². The summed E-state index contributed by atoms with van der Waals surface area (Å²) in [5, 5.41) is 11.0. The maximum atomic E-state index is 12.6. The Bertz CT molecular complexity index is 1270. The average Bonchev–Trinajstić information content (AvgIpc) is 2.78. The number of carbonyl (C=O) groups excluding carboxylic acids is 2. The largest absolute Gasteiger partial charge is 0.350 e. The number of primary sulfonamides is 1. The summed E-state index contributed by atoms with van der Waals surface area (Å²) in [6.07, 6.45) is 2.93. The molecule has 1 saturated carbocycles. The topological polar surface area (TPSA) is 165 Å². The van der Waals surface area contributed by atoms with E-state index in [1.54, 1.807) is 6.07 Å². The highest BCUT2D eigenvalue weighted by Gasteiger charge is 2.28. The SMILES string of the molecule is NS(=O)(=O)c1ccc(C(=O)N[C@@H]2CCCC[C@@H]2NC(=O)CNS(=O)(=O)c2cccc(Cl)c2)cc1. The minimum atomic E-state index is -3.92. The molecule has 2 amide bonds. The average molecular weight is 529 g/mol. The van der Waals surface area contributed by atoms with Crippen molar-refractivity contribution in [3.8, 4) is 0 Å². The zero-order valence-electron chi connectivity index (χ0n) is 18.0. The molecule has 0 bridgehead atoms. The van der Waals surface area contributed by atoms with Crippen LogP contribution in [0.4, 0.5) is 0 Å². The zero-order chi connectivity index (χ0) is 24.9. The number of rotatable bonds is 8. The van der Waals surface area contributed by atoms with E-state index in [2.05, 4.69) is 15.4 Å². The second-order valence-corrected chi connectivity index (χ2v) is 11.7. The Labute approximate surface area is 203 Å². The Morgan fingerprint density at radius 1 is 0.912 bits per heavy atom. The first-order valence-electron chi connectivity index (χ1n) is 10.4. The van der Waals surface area contributed by atoms with Gasteiger partial charge in [-0.2, -0.15) is 0 Å². The first kappa shape index (κ1) is 26.1. The van der Waals surface area contributed by atoms with Crippen LogP contribution in [-0.4, -0.2) is 47.3 Å². The molecule has 1 aliphatic carbocycles. The van der Waals surface area contributed by atoms with Crippen molar-refractivity contribution in [3.05, 3.63) is 59.1 Å². The summed E-state index contributed by atoms with van der Waals surface area (Å²) in [6.45, 7) is -0.471. The smallest absolute Gasteiger partial charge is 0.251 e. The number of carbonyl (C=O) groups is 2. The molecule has 1 fully saturated rings. The Morgan fingerprint density at radius 3 is 2.12 bits per heavy atom. The van der Waals surface area contributed by atoms with Gasteiger partial charge in [0.1, 0.15) is 0 Å². The third-order valence-electron chi connectivity index (χ3n) is 5.40. The van der Waals surface area contributed by atoms with Crippen molar-refractivity contribution in [3.63, 3.8) is 0 Å². The van der Waals surface area contributed by atoms with Crippen LogP contribution in [0.3, 0.4) is 0 Å². The molecule has 184 valence electrons. The number of benzene rings is 2. The quantitative estimate of drug-likeness (QED) is 0.401. The van der Waals surface area contributed by atoms with Crippen molar-refractivity contribution in [2.45, 2.75) is 47.6 Å². The second kappa shape index (κ2) is 10.8. The predicted octanol–water partition coefficient (Wildman–Crippen LogP) is 1.12. The number of nitrogens with two attached hydrogens (primary N) is 1. The lowest BCUT2D eigenvalue weighted by Crippen LogP contribution is -2.54. The van der Waals surface area contributed by atoms with Gasteiger partial charge in [0, 0.05) is 22.7 Å². The highest BCUT2D eigenvalue weighted by molar-refractivity contribution is 7.89. The highest BCUT2D eigenvalue weighted by Crippen LogP contribution is 2.20. The van der Waals surface area contributed by atoms with Crippen molar-refractivity contribution in [1.29, 1.82) is 0 Å². The number of halogens is 1. The van der Waals surface area contributed by atoms with E-state index in [-0.39, 0.29) is 32.5 Å². The van der Waals surface area contributed by atoms with Gasteiger partial charge in [-0.05, 0) is 55.3 Å². The summed E-state index contributed by atoms with van der Waals surface area (Å²) in [7, 11) is -7.78. The van der Waals surface area contributed by atoms with Gasteiger partial charge >= 0.3 is 0 Å². The summed E-state index contributed by atoms with van der Waals surface area (Å²) < 4.78 is 49.8. The number of nitrogens with one attached hydrogen (secondary N) is 3. The van der Waals surface area contributed by atoms with E-state index in [1.807, 2.05) is 0 Å². The lowest BCUT2D eigenvalue weighted by atomic mass is 9.90. The van der Waals surface area contributed by atoms with Crippen molar-refractivity contribution in [1.82, 2.24) is 15.4 Å². The first-order chi connectivity index (χ1) is 16.0. The van der Waals surface area contributed by atoms with Crippen LogP contribution < -0.4 is 20.5 Å². The number of hydrogen-bond donors (Lipinski definition) is 4. The maximum absolute atomic E-state index is 12.6. The normalized spacial score (nSPS) is 18.8. The monoisotopic (exact) mass is 528 g/mol. The molecule has 0 heterocycles. The van der Waals surface area contributed by atoms with Crippen LogP contribution in [0, 0.1) is 0 Å². The van der Waals surface area contributed by atoms with Gasteiger partial charge in [0.2, 0.25) is 26.0 Å². The van der Waals surface area contributed by atoms with Gasteiger partial charge in [0.25, 0.3) is 5.91 Å². The van der Waals surface area contributed by atoms with E-state index in [9.17, 15) is 26.4 Å². The summed E-state index contributed by atoms with van der Waals surface area (Å²) in [4.78, 5) is 24.9. The second-order valence-electron chi connectivity index (χ2n) is 7.89. The summed E-state index contributed by atoms with van der Waals surface area (Å²) in [5.41, 5.74) is 0.248. The zero-order valence-corrected chi connectivity index (χ0v) is 20.4. The molecular weight excluding hydrogens is 504 g/mol. The predicted molar refractivity (Wildman–Crippen MR) is 126 cm³/mol. The van der Waals surface area contributed by atoms with Crippen LogP contribution in [0.25, 0.3) is 0 Å². The van der Waals surface area contributed by atoms with E-state index >= 15 is 0 Å². The lowest BCUT2D eigenvalue weighted by molar-refractivity contribution is -0.121. The van der Waals surface area contributed by atoms with Crippen molar-refractivity contribution < 1.29 is 26.4 Å². The molecule has 34 heavy (non-hydrogen) atoms. The molecule has 0 spiro atoms. The standard InChI is InChI=1S/C21H25ClN4O6S2/c22-15-4-3-5-17(12-15)34(31,32)24-13-20(27)25-18-6-1-2-7-19(18)26-21(28)14-8-10-16(11-9-14)33(23,29)30/h3-5,8-12,18-19,24H,1-2,6-7,13H2,(H,25,27)(H,26,28)(H2,23,29,30)/t18-,19+/m0/s1. The van der Waals surface area contributed by atoms with Crippen LogP contribution in [0.5, 0.6) is 0 Å².